The van der Waals surface area contributed by atoms with E-state index in [0.29, 0.717) is 3.63 Å². The Balaban J connectivity index is 0.00000210. The quantitative estimate of drug-likeness (QED) is 0.587. The normalized spacial score (nSPS) is 15.8. The number of benzene rings is 2. The number of fused-ring (bicyclic) bond motifs is 1. The molecular formula is C25H31Cl2OZr. The van der Waals surface area contributed by atoms with Gasteiger partial charge in [0, 0.05) is 0 Å². The molecule has 0 amide bonds. The molecule has 1 atom stereocenters. The molecule has 0 aromatic heterocycles. The van der Waals surface area contributed by atoms with Crippen molar-refractivity contribution < 1.29 is 54.3 Å². The van der Waals surface area contributed by atoms with Crippen LogP contribution in [0.15, 0.2) is 35.9 Å². The Bertz CT molecular complexity index is 900. The summed E-state index contributed by atoms with van der Waals surface area (Å²) in [6.45, 7) is 15.9. The monoisotopic (exact) mass is 507 g/mol. The summed E-state index contributed by atoms with van der Waals surface area (Å²) in [5.74, 6) is 1.03. The zero-order valence-corrected chi connectivity index (χ0v) is 22.7. The van der Waals surface area contributed by atoms with Crippen LogP contribution in [0.2, 0.25) is 0 Å². The first-order valence-electron chi connectivity index (χ1n) is 9.70. The van der Waals surface area contributed by atoms with Gasteiger partial charge in [-0.15, -0.1) is 0 Å². The molecule has 0 heterocycles. The van der Waals surface area contributed by atoms with Gasteiger partial charge in [-0.1, -0.05) is 0 Å². The third-order valence-corrected chi connectivity index (χ3v) is 7.43. The summed E-state index contributed by atoms with van der Waals surface area (Å²) in [6, 6.07) is 11.5. The van der Waals surface area contributed by atoms with Gasteiger partial charge in [0.2, 0.25) is 0 Å². The third kappa shape index (κ3) is 5.03. The molecule has 2 aromatic carbocycles. The van der Waals surface area contributed by atoms with Crippen LogP contribution >= 0.6 is 0 Å². The number of rotatable bonds is 2. The second-order valence-electron chi connectivity index (χ2n) is 9.73. The van der Waals surface area contributed by atoms with Gasteiger partial charge >= 0.3 is 181 Å². The molecule has 1 nitrogen and oxygen atoms in total. The maximum Gasteiger partial charge on any atom is -1.00 e. The van der Waals surface area contributed by atoms with Gasteiger partial charge in [-0.3, -0.25) is 0 Å². The van der Waals surface area contributed by atoms with E-state index in [-0.39, 0.29) is 35.6 Å². The van der Waals surface area contributed by atoms with E-state index in [1.54, 1.807) is 24.7 Å². The van der Waals surface area contributed by atoms with Crippen molar-refractivity contribution >= 4 is 6.08 Å². The topological polar surface area (TPSA) is 9.23 Å². The van der Waals surface area contributed by atoms with E-state index in [9.17, 15) is 0 Å². The Kier molecular flexibility index (Phi) is 8.48. The number of halogens is 2. The predicted octanol–water partition coefficient (Wildman–Crippen LogP) is 0.970. The fourth-order valence-corrected chi connectivity index (χ4v) is 4.64. The average Bonchev–Trinajstić information content (AvgIpc) is 2.86. The van der Waals surface area contributed by atoms with Crippen molar-refractivity contribution in [3.8, 4) is 16.9 Å². The fourth-order valence-electron chi connectivity index (χ4n) is 3.84. The molecule has 4 heteroatoms. The Morgan fingerprint density at radius 1 is 0.897 bits per heavy atom. The van der Waals surface area contributed by atoms with E-state index in [0.717, 1.165) is 5.75 Å². The minimum Gasteiger partial charge on any atom is -1.00 e. The molecule has 3 rings (SSSR count). The van der Waals surface area contributed by atoms with Crippen LogP contribution in [0, 0.1) is 0 Å². The van der Waals surface area contributed by atoms with Crippen LogP contribution in [0.25, 0.3) is 17.2 Å². The molecule has 0 N–H and O–H groups in total. The zero-order chi connectivity index (χ0) is 20.1. The summed E-state index contributed by atoms with van der Waals surface area (Å²) in [6.07, 6.45) is 2.37. The van der Waals surface area contributed by atoms with Crippen LogP contribution in [0.5, 0.6) is 5.75 Å². The molecule has 1 unspecified atom stereocenters. The maximum atomic E-state index is 6.03. The molecule has 1 aliphatic rings. The number of methoxy groups -OCH3 is 1. The standard InChI is InChI=1S/C25H31O.2ClH.Zr/c1-16-13-18-15-21(25(5,6)7)23(26-8)22(20(18)14-16)17-9-11-19(12-10-17)24(2,3)4;;;/h9-15H,1-8H3;2*1H;/q;;;+2/p-2. The first-order chi connectivity index (χ1) is 12.4. The van der Waals surface area contributed by atoms with E-state index in [1.165, 1.54) is 39.0 Å². The largest absolute Gasteiger partial charge is 1.00 e. The summed E-state index contributed by atoms with van der Waals surface area (Å²) in [7, 11) is 1.81. The van der Waals surface area contributed by atoms with Gasteiger partial charge in [-0.2, -0.15) is 0 Å². The van der Waals surface area contributed by atoms with Gasteiger partial charge in [0.05, 0.1) is 0 Å². The summed E-state index contributed by atoms with van der Waals surface area (Å²) >= 11 is 1.55. The van der Waals surface area contributed by atoms with Crippen molar-refractivity contribution in [1.29, 1.82) is 0 Å². The second kappa shape index (κ2) is 9.29. The molecular weight excluding hydrogens is 478 g/mol. The molecule has 0 saturated carbocycles. The van der Waals surface area contributed by atoms with Crippen LogP contribution in [0.1, 0.15) is 74.3 Å². The van der Waals surface area contributed by atoms with Gasteiger partial charge in [-0.05, 0) is 0 Å². The number of ether oxygens (including phenoxy) is 1. The van der Waals surface area contributed by atoms with Crippen molar-refractivity contribution in [3.05, 3.63) is 58.2 Å². The molecule has 0 spiro atoms. The van der Waals surface area contributed by atoms with Gasteiger partial charge in [0.25, 0.3) is 0 Å². The van der Waals surface area contributed by atoms with Crippen LogP contribution in [-0.4, -0.2) is 7.11 Å². The molecule has 0 radical (unpaired) electrons. The number of hydrogen-bond acceptors (Lipinski definition) is 1. The number of hydrogen-bond donors (Lipinski definition) is 0. The molecule has 29 heavy (non-hydrogen) atoms. The average molecular weight is 510 g/mol. The van der Waals surface area contributed by atoms with Crippen LogP contribution < -0.4 is 29.6 Å². The molecule has 0 bridgehead atoms. The van der Waals surface area contributed by atoms with E-state index < -0.39 is 0 Å². The molecule has 2 aromatic rings. The molecule has 0 aliphatic heterocycles. The Morgan fingerprint density at radius 3 is 1.90 bits per heavy atom. The van der Waals surface area contributed by atoms with Crippen molar-refractivity contribution in [2.45, 2.75) is 62.9 Å². The first kappa shape index (κ1) is 26.5. The molecule has 0 fully saturated rings. The summed E-state index contributed by atoms with van der Waals surface area (Å²) < 4.78 is 6.58. The third-order valence-electron chi connectivity index (χ3n) is 5.54. The molecule has 155 valence electrons. The maximum absolute atomic E-state index is 6.03. The molecule has 0 saturated heterocycles. The second-order valence-corrected chi connectivity index (χ2v) is 11.2. The van der Waals surface area contributed by atoms with Crippen LogP contribution in [-0.2, 0) is 35.5 Å². The fraction of sp³-hybridized carbons (Fsp3) is 0.440. The summed E-state index contributed by atoms with van der Waals surface area (Å²) in [4.78, 5) is 0. The minimum absolute atomic E-state index is 0. The summed E-state index contributed by atoms with van der Waals surface area (Å²) in [5, 5.41) is 0. The smallest absolute Gasteiger partial charge is 1.00 e. The SMILES string of the molecule is COc1c(C(C)(C)C)cc2c(c1-c1ccc(C(C)(C)C)cc1)C=C(C)[CH]2[Zr+2].[Cl-].[Cl-]. The minimum atomic E-state index is 0. The Hall–Kier alpha value is -0.557. The molecule has 1 aliphatic carbocycles. The summed E-state index contributed by atoms with van der Waals surface area (Å²) in [5.41, 5.74) is 9.63. The van der Waals surface area contributed by atoms with Crippen LogP contribution in [0.4, 0.5) is 0 Å². The van der Waals surface area contributed by atoms with Gasteiger partial charge in [-0.25, -0.2) is 0 Å². The zero-order valence-electron chi connectivity index (χ0n) is 18.7. The Morgan fingerprint density at radius 2 is 1.45 bits per heavy atom. The van der Waals surface area contributed by atoms with Crippen molar-refractivity contribution in [2.24, 2.45) is 0 Å². The van der Waals surface area contributed by atoms with Crippen LogP contribution in [0.3, 0.4) is 0 Å². The van der Waals surface area contributed by atoms with E-state index in [4.69, 9.17) is 4.74 Å². The van der Waals surface area contributed by atoms with Crippen molar-refractivity contribution in [2.75, 3.05) is 7.11 Å². The van der Waals surface area contributed by atoms with Gasteiger partial charge in [0.1, 0.15) is 0 Å². The van der Waals surface area contributed by atoms with E-state index >= 15 is 0 Å². The van der Waals surface area contributed by atoms with E-state index in [1.807, 2.05) is 7.11 Å². The van der Waals surface area contributed by atoms with Crippen molar-refractivity contribution in [1.82, 2.24) is 0 Å². The predicted molar refractivity (Wildman–Crippen MR) is 112 cm³/mol. The Labute approximate surface area is 204 Å². The van der Waals surface area contributed by atoms with Crippen molar-refractivity contribution in [3.63, 3.8) is 0 Å². The van der Waals surface area contributed by atoms with E-state index in [2.05, 4.69) is 84.9 Å². The number of allylic oxidation sites excluding steroid dienone is 1. The van der Waals surface area contributed by atoms with Gasteiger partial charge < -0.3 is 24.8 Å². The first-order valence-corrected chi connectivity index (χ1v) is 11.1. The van der Waals surface area contributed by atoms with Gasteiger partial charge in [0.15, 0.2) is 0 Å².